The van der Waals surface area contributed by atoms with E-state index in [4.69, 9.17) is 9.15 Å². The summed E-state index contributed by atoms with van der Waals surface area (Å²) >= 11 is 0. The molecular weight excluding hydrogens is 508 g/mol. The molecule has 9 nitrogen and oxygen atoms in total. The number of carbonyl (C=O) groups is 2. The molecule has 0 fully saturated rings. The lowest BCUT2D eigenvalue weighted by Gasteiger charge is -2.33. The van der Waals surface area contributed by atoms with Crippen LogP contribution in [0.4, 0.5) is 0 Å². The first-order valence-electron chi connectivity index (χ1n) is 12.8. The average Bonchev–Trinajstić information content (AvgIpc) is 3.35. The molecule has 2 aromatic carbocycles. The number of carboxylic acid groups (broad SMARTS) is 1. The lowest BCUT2D eigenvalue weighted by molar-refractivity contribution is -0.137. The maximum atomic E-state index is 12.2. The monoisotopic (exact) mass is 536 g/mol. The van der Waals surface area contributed by atoms with Gasteiger partial charge in [0, 0.05) is 48.8 Å². The quantitative estimate of drug-likeness (QED) is 0.268. The fourth-order valence-electron chi connectivity index (χ4n) is 4.45. The first-order valence-corrected chi connectivity index (χ1v) is 12.8. The Morgan fingerprint density at radius 2 is 1.68 bits per heavy atom. The number of oxazole rings is 1. The van der Waals surface area contributed by atoms with Gasteiger partial charge < -0.3 is 24.1 Å². The standard InChI is InChI=1S/C31H28N4O5/c1-22-26(33-31(40-22)25-10-6-3-7-11-25)14-17-39-28-13-12-23(18-32-28)19-34-15-16-35(20-29(37)38)30(27(34)21-36)24-8-4-2-5-9-24/h2-13,15-16,18,21H,14,17,19-20H2,1H3,(H,37,38). The first kappa shape index (κ1) is 26.4. The van der Waals surface area contributed by atoms with Crippen molar-refractivity contribution in [1.29, 1.82) is 0 Å². The van der Waals surface area contributed by atoms with Crippen LogP contribution >= 0.6 is 0 Å². The number of aryl methyl sites for hydroxylation is 1. The smallest absolute Gasteiger partial charge is 0.323 e. The molecule has 5 rings (SSSR count). The number of carboxylic acids is 1. The number of hydrogen-bond donors (Lipinski definition) is 1. The number of carbonyl (C=O) groups excluding carboxylic acids is 1. The number of hydrogen-bond acceptors (Lipinski definition) is 8. The van der Waals surface area contributed by atoms with Gasteiger partial charge in [-0.3, -0.25) is 9.59 Å². The highest BCUT2D eigenvalue weighted by molar-refractivity contribution is 5.89. The Kier molecular flexibility index (Phi) is 8.01. The van der Waals surface area contributed by atoms with E-state index in [0.29, 0.717) is 42.7 Å². The number of aldehydes is 1. The molecule has 0 aliphatic carbocycles. The molecule has 1 aliphatic rings. The second-order valence-corrected chi connectivity index (χ2v) is 9.16. The second kappa shape index (κ2) is 12.1. The van der Waals surface area contributed by atoms with Gasteiger partial charge in [0.05, 0.1) is 18.0 Å². The lowest BCUT2D eigenvalue weighted by Crippen LogP contribution is -2.32. The molecule has 0 saturated heterocycles. The Labute approximate surface area is 231 Å². The van der Waals surface area contributed by atoms with Gasteiger partial charge in [-0.2, -0.15) is 0 Å². The normalized spacial score (nSPS) is 13.0. The van der Waals surface area contributed by atoms with Gasteiger partial charge in [0.2, 0.25) is 11.8 Å². The Morgan fingerprint density at radius 3 is 2.33 bits per heavy atom. The minimum absolute atomic E-state index is 0.263. The number of nitrogens with zero attached hydrogens (tertiary/aromatic N) is 4. The zero-order valence-corrected chi connectivity index (χ0v) is 21.9. The van der Waals surface area contributed by atoms with Crippen molar-refractivity contribution < 1.29 is 23.8 Å². The maximum absolute atomic E-state index is 12.2. The van der Waals surface area contributed by atoms with Crippen LogP contribution in [0.1, 0.15) is 22.6 Å². The molecule has 0 amide bonds. The number of benzene rings is 2. The molecule has 0 radical (unpaired) electrons. The van der Waals surface area contributed by atoms with Gasteiger partial charge in [0.1, 0.15) is 18.0 Å². The molecule has 4 aromatic rings. The van der Waals surface area contributed by atoms with Crippen LogP contribution in [0.2, 0.25) is 0 Å². The summed E-state index contributed by atoms with van der Waals surface area (Å²) in [7, 11) is 0. The van der Waals surface area contributed by atoms with Gasteiger partial charge >= 0.3 is 5.97 Å². The Bertz CT molecular complexity index is 1530. The molecule has 40 heavy (non-hydrogen) atoms. The molecule has 1 N–H and O–H groups in total. The van der Waals surface area contributed by atoms with Gasteiger partial charge in [0.25, 0.3) is 0 Å². The van der Waals surface area contributed by atoms with Gasteiger partial charge in [0.15, 0.2) is 6.29 Å². The number of rotatable bonds is 11. The lowest BCUT2D eigenvalue weighted by atomic mass is 10.1. The second-order valence-electron chi connectivity index (χ2n) is 9.16. The van der Waals surface area contributed by atoms with Crippen molar-refractivity contribution in [3.05, 3.63) is 120 Å². The largest absolute Gasteiger partial charge is 0.480 e. The summed E-state index contributed by atoms with van der Waals surface area (Å²) in [5.41, 5.74) is 4.28. The molecule has 1 aliphatic heterocycles. The van der Waals surface area contributed by atoms with Gasteiger partial charge in [-0.1, -0.05) is 54.6 Å². The number of aromatic nitrogens is 2. The van der Waals surface area contributed by atoms with Crippen molar-refractivity contribution >= 4 is 18.0 Å². The van der Waals surface area contributed by atoms with E-state index in [9.17, 15) is 14.7 Å². The highest BCUT2D eigenvalue weighted by Gasteiger charge is 2.25. The molecule has 3 heterocycles. The minimum Gasteiger partial charge on any atom is -0.480 e. The van der Waals surface area contributed by atoms with Crippen LogP contribution in [-0.4, -0.2) is 50.3 Å². The highest BCUT2D eigenvalue weighted by atomic mass is 16.5. The Morgan fingerprint density at radius 1 is 0.975 bits per heavy atom. The molecule has 0 atom stereocenters. The number of ether oxygens (including phenoxy) is 1. The van der Waals surface area contributed by atoms with E-state index in [1.54, 1.807) is 34.5 Å². The highest BCUT2D eigenvalue weighted by Crippen LogP contribution is 2.30. The van der Waals surface area contributed by atoms with Crippen LogP contribution < -0.4 is 4.74 Å². The van der Waals surface area contributed by atoms with E-state index in [2.05, 4.69) is 9.97 Å². The summed E-state index contributed by atoms with van der Waals surface area (Å²) in [4.78, 5) is 36.0. The summed E-state index contributed by atoms with van der Waals surface area (Å²) in [6.07, 6.45) is 6.40. The zero-order chi connectivity index (χ0) is 27.9. The van der Waals surface area contributed by atoms with Crippen LogP contribution in [0.15, 0.2) is 102 Å². The molecule has 9 heteroatoms. The molecule has 202 valence electrons. The van der Waals surface area contributed by atoms with E-state index in [0.717, 1.165) is 34.4 Å². The molecule has 0 saturated carbocycles. The number of allylic oxidation sites excluding steroid dienone is 1. The van der Waals surface area contributed by atoms with Crippen LogP contribution in [0.3, 0.4) is 0 Å². The van der Waals surface area contributed by atoms with Crippen molar-refractivity contribution in [2.24, 2.45) is 0 Å². The predicted molar refractivity (Wildman–Crippen MR) is 149 cm³/mol. The Balaban J connectivity index is 1.24. The fourth-order valence-corrected chi connectivity index (χ4v) is 4.45. The summed E-state index contributed by atoms with van der Waals surface area (Å²) in [5.74, 6) is 0.835. The van der Waals surface area contributed by atoms with E-state index in [-0.39, 0.29) is 6.54 Å². The zero-order valence-electron chi connectivity index (χ0n) is 21.9. The van der Waals surface area contributed by atoms with E-state index >= 15 is 0 Å². The van der Waals surface area contributed by atoms with Crippen LogP contribution in [-0.2, 0) is 22.6 Å². The van der Waals surface area contributed by atoms with Crippen molar-refractivity contribution in [3.63, 3.8) is 0 Å². The van der Waals surface area contributed by atoms with E-state index in [1.165, 1.54) is 0 Å². The van der Waals surface area contributed by atoms with Crippen LogP contribution in [0.5, 0.6) is 5.88 Å². The summed E-state index contributed by atoms with van der Waals surface area (Å²) in [5, 5.41) is 9.38. The maximum Gasteiger partial charge on any atom is 0.323 e. The van der Waals surface area contributed by atoms with Crippen molar-refractivity contribution in [1.82, 2.24) is 19.8 Å². The number of aliphatic carboxylic acids is 1. The topological polar surface area (TPSA) is 109 Å². The molecule has 0 unspecified atom stereocenters. The minimum atomic E-state index is -0.994. The predicted octanol–water partition coefficient (Wildman–Crippen LogP) is 4.91. The fraction of sp³-hybridized carbons (Fsp3) is 0.161. The molecular formula is C31H28N4O5. The van der Waals surface area contributed by atoms with Crippen LogP contribution in [0.25, 0.3) is 17.2 Å². The van der Waals surface area contributed by atoms with Gasteiger partial charge in [-0.15, -0.1) is 0 Å². The van der Waals surface area contributed by atoms with Crippen molar-refractivity contribution in [3.8, 4) is 17.3 Å². The molecule has 0 bridgehead atoms. The average molecular weight is 537 g/mol. The van der Waals surface area contributed by atoms with Gasteiger partial charge in [-0.25, -0.2) is 9.97 Å². The van der Waals surface area contributed by atoms with Crippen molar-refractivity contribution in [2.45, 2.75) is 19.9 Å². The Hall–Kier alpha value is -5.18. The first-order chi connectivity index (χ1) is 19.5. The third kappa shape index (κ3) is 6.10. The molecule has 2 aromatic heterocycles. The summed E-state index contributed by atoms with van der Waals surface area (Å²) in [6, 6.07) is 22.7. The summed E-state index contributed by atoms with van der Waals surface area (Å²) in [6.45, 7) is 2.39. The van der Waals surface area contributed by atoms with Gasteiger partial charge in [-0.05, 0) is 24.6 Å². The van der Waals surface area contributed by atoms with E-state index in [1.807, 2.05) is 73.7 Å². The van der Waals surface area contributed by atoms with E-state index < -0.39 is 5.97 Å². The summed E-state index contributed by atoms with van der Waals surface area (Å²) < 4.78 is 11.7. The SMILES string of the molecule is Cc1oc(-c2ccccc2)nc1CCOc1ccc(CN2C=CN(CC(=O)O)C(c3ccccc3)=C2C=O)cn1. The third-order valence-electron chi connectivity index (χ3n) is 6.38. The third-order valence-corrected chi connectivity index (χ3v) is 6.38. The van der Waals surface area contributed by atoms with Crippen molar-refractivity contribution in [2.75, 3.05) is 13.2 Å². The number of pyridine rings is 1. The van der Waals surface area contributed by atoms with Crippen LogP contribution in [0, 0.1) is 6.92 Å². The molecule has 0 spiro atoms.